The van der Waals surface area contributed by atoms with Gasteiger partial charge in [-0.3, -0.25) is 14.4 Å². The van der Waals surface area contributed by atoms with Gasteiger partial charge in [0.25, 0.3) is 5.91 Å². The quantitative estimate of drug-likeness (QED) is 0.543. The van der Waals surface area contributed by atoms with Gasteiger partial charge in [-0.15, -0.1) is 0 Å². The summed E-state index contributed by atoms with van der Waals surface area (Å²) in [5, 5.41) is 8.25. The Morgan fingerprint density at radius 3 is 2.12 bits per heavy atom. The van der Waals surface area contributed by atoms with E-state index in [1.165, 1.54) is 19.3 Å². The van der Waals surface area contributed by atoms with Crippen molar-refractivity contribution in [1.82, 2.24) is 5.32 Å². The van der Waals surface area contributed by atoms with Gasteiger partial charge in [0.2, 0.25) is 11.8 Å². The molecule has 0 bridgehead atoms. The fourth-order valence-corrected chi connectivity index (χ4v) is 3.82. The van der Waals surface area contributed by atoms with Crippen LogP contribution < -0.4 is 20.7 Å². The number of nitrogens with one attached hydrogen (secondary N) is 3. The third-order valence-corrected chi connectivity index (χ3v) is 5.50. The van der Waals surface area contributed by atoms with Gasteiger partial charge >= 0.3 is 0 Å². The molecule has 32 heavy (non-hydrogen) atoms. The zero-order valence-electron chi connectivity index (χ0n) is 18.5. The molecule has 2 aromatic rings. The summed E-state index contributed by atoms with van der Waals surface area (Å²) in [5.74, 6) is 0.563. The Morgan fingerprint density at radius 2 is 1.47 bits per heavy atom. The Hall–Kier alpha value is -3.35. The van der Waals surface area contributed by atoms with Gasteiger partial charge in [0.1, 0.15) is 5.75 Å². The average Bonchev–Trinajstić information content (AvgIpc) is 2.80. The molecule has 0 unspecified atom stereocenters. The predicted octanol–water partition coefficient (Wildman–Crippen LogP) is 4.36. The molecule has 2 aromatic carbocycles. The van der Waals surface area contributed by atoms with E-state index in [9.17, 15) is 14.4 Å². The smallest absolute Gasteiger partial charge is 0.255 e. The zero-order chi connectivity index (χ0) is 22.8. The number of rotatable bonds is 9. The van der Waals surface area contributed by atoms with E-state index in [0.717, 1.165) is 18.6 Å². The second-order valence-corrected chi connectivity index (χ2v) is 8.02. The van der Waals surface area contributed by atoms with Crippen LogP contribution in [-0.2, 0) is 9.59 Å². The summed E-state index contributed by atoms with van der Waals surface area (Å²) in [7, 11) is 0. The van der Waals surface area contributed by atoms with Crippen molar-refractivity contribution in [2.45, 2.75) is 45.4 Å². The highest BCUT2D eigenvalue weighted by molar-refractivity contribution is 6.04. The van der Waals surface area contributed by atoms with Crippen molar-refractivity contribution >= 4 is 29.1 Å². The van der Waals surface area contributed by atoms with Gasteiger partial charge in [-0.25, -0.2) is 0 Å². The van der Waals surface area contributed by atoms with Crippen LogP contribution >= 0.6 is 0 Å². The average molecular weight is 438 g/mol. The third kappa shape index (κ3) is 7.41. The van der Waals surface area contributed by atoms with Crippen molar-refractivity contribution < 1.29 is 19.1 Å². The lowest BCUT2D eigenvalue weighted by molar-refractivity contribution is -0.125. The summed E-state index contributed by atoms with van der Waals surface area (Å²) in [4.78, 5) is 36.6. The van der Waals surface area contributed by atoms with Crippen LogP contribution in [0.15, 0.2) is 48.5 Å². The molecule has 0 atom stereocenters. The molecule has 0 aromatic heterocycles. The lowest BCUT2D eigenvalue weighted by atomic mass is 9.87. The molecule has 3 rings (SSSR count). The maximum absolute atomic E-state index is 12.4. The summed E-state index contributed by atoms with van der Waals surface area (Å²) in [6, 6.07) is 13.8. The maximum atomic E-state index is 12.4. The number of ether oxygens (including phenoxy) is 1. The molecule has 0 heterocycles. The number of carbonyl (C=O) groups excluding carboxylic acids is 3. The van der Waals surface area contributed by atoms with Gasteiger partial charge in [-0.2, -0.15) is 0 Å². The minimum atomic E-state index is -0.298. The first-order chi connectivity index (χ1) is 15.5. The van der Waals surface area contributed by atoms with Crippen molar-refractivity contribution in [2.75, 3.05) is 23.8 Å². The first-order valence-electron chi connectivity index (χ1n) is 11.2. The molecule has 3 N–H and O–H groups in total. The second kappa shape index (κ2) is 11.9. The molecular formula is C25H31N3O4. The fraction of sp³-hybridized carbons (Fsp3) is 0.400. The predicted molar refractivity (Wildman–Crippen MR) is 125 cm³/mol. The van der Waals surface area contributed by atoms with Crippen LogP contribution in [-0.4, -0.2) is 30.9 Å². The summed E-state index contributed by atoms with van der Waals surface area (Å²) in [6.45, 7) is 2.43. The van der Waals surface area contributed by atoms with Crippen molar-refractivity contribution in [3.05, 3.63) is 54.1 Å². The van der Waals surface area contributed by atoms with E-state index < -0.39 is 0 Å². The lowest BCUT2D eigenvalue weighted by Gasteiger charge is -2.20. The molecule has 7 nitrogen and oxygen atoms in total. The Labute approximate surface area is 188 Å². The maximum Gasteiger partial charge on any atom is 0.255 e. The molecule has 1 aliphatic rings. The first-order valence-corrected chi connectivity index (χ1v) is 11.2. The van der Waals surface area contributed by atoms with Crippen LogP contribution in [0.4, 0.5) is 11.4 Å². The van der Waals surface area contributed by atoms with Gasteiger partial charge in [0, 0.05) is 23.4 Å². The lowest BCUT2D eigenvalue weighted by Crippen LogP contribution is -2.34. The topological polar surface area (TPSA) is 96.5 Å². The summed E-state index contributed by atoms with van der Waals surface area (Å²) in [6.07, 6.45) is 6.31. The van der Waals surface area contributed by atoms with Crippen LogP contribution in [0.25, 0.3) is 0 Å². The second-order valence-electron chi connectivity index (χ2n) is 8.02. The van der Waals surface area contributed by atoms with Crippen molar-refractivity contribution in [3.63, 3.8) is 0 Å². The Balaban J connectivity index is 1.42. The van der Waals surface area contributed by atoms with Crippen molar-refractivity contribution in [2.24, 2.45) is 5.92 Å². The molecule has 170 valence electrons. The van der Waals surface area contributed by atoms with Crippen LogP contribution in [0.3, 0.4) is 0 Å². The molecule has 0 aliphatic heterocycles. The van der Waals surface area contributed by atoms with Gasteiger partial charge in [0.05, 0.1) is 13.2 Å². The van der Waals surface area contributed by atoms with E-state index in [-0.39, 0.29) is 24.3 Å². The zero-order valence-corrected chi connectivity index (χ0v) is 18.5. The minimum Gasteiger partial charge on any atom is -0.494 e. The number of benzene rings is 2. The summed E-state index contributed by atoms with van der Waals surface area (Å²) < 4.78 is 5.39. The van der Waals surface area contributed by atoms with E-state index in [0.29, 0.717) is 35.9 Å². The molecule has 7 heteroatoms. The van der Waals surface area contributed by atoms with Gasteiger partial charge in [-0.05, 0) is 74.2 Å². The van der Waals surface area contributed by atoms with E-state index in [1.54, 1.807) is 48.5 Å². The molecule has 0 saturated heterocycles. The standard InChI is InChI=1S/C25H31N3O4/c1-2-32-22-14-12-21(13-15-22)28-25(31)19-8-10-20(11-9-19)27-24(30)17-26-23(29)16-18-6-4-3-5-7-18/h8-15,18H,2-7,16-17H2,1H3,(H,26,29)(H,27,30)(H,28,31). The van der Waals surface area contributed by atoms with Crippen LogP contribution in [0, 0.1) is 5.92 Å². The summed E-state index contributed by atoms with van der Waals surface area (Å²) in [5.41, 5.74) is 1.70. The molecule has 1 aliphatic carbocycles. The van der Waals surface area contributed by atoms with E-state index in [2.05, 4.69) is 16.0 Å². The number of carbonyl (C=O) groups is 3. The molecule has 0 spiro atoms. The summed E-state index contributed by atoms with van der Waals surface area (Å²) >= 11 is 0. The molecular weight excluding hydrogens is 406 g/mol. The number of hydrogen-bond donors (Lipinski definition) is 3. The SMILES string of the molecule is CCOc1ccc(NC(=O)c2ccc(NC(=O)CNC(=O)CC3CCCCC3)cc2)cc1. The first kappa shape index (κ1) is 23.3. The Morgan fingerprint density at radius 1 is 0.844 bits per heavy atom. The van der Waals surface area contributed by atoms with E-state index in [4.69, 9.17) is 4.74 Å². The molecule has 3 amide bonds. The minimum absolute atomic E-state index is 0.0640. The van der Waals surface area contributed by atoms with E-state index >= 15 is 0 Å². The molecule has 1 fully saturated rings. The Kier molecular flexibility index (Phi) is 8.66. The monoisotopic (exact) mass is 437 g/mol. The molecule has 1 saturated carbocycles. The highest BCUT2D eigenvalue weighted by atomic mass is 16.5. The van der Waals surface area contributed by atoms with E-state index in [1.807, 2.05) is 6.92 Å². The number of hydrogen-bond acceptors (Lipinski definition) is 4. The highest BCUT2D eigenvalue weighted by Crippen LogP contribution is 2.26. The van der Waals surface area contributed by atoms with Gasteiger partial charge in [-0.1, -0.05) is 19.3 Å². The Bertz CT molecular complexity index is 904. The number of anilines is 2. The van der Waals surface area contributed by atoms with Gasteiger partial charge in [0.15, 0.2) is 0 Å². The van der Waals surface area contributed by atoms with Crippen molar-refractivity contribution in [3.8, 4) is 5.75 Å². The third-order valence-electron chi connectivity index (χ3n) is 5.50. The van der Waals surface area contributed by atoms with Crippen molar-refractivity contribution in [1.29, 1.82) is 0 Å². The van der Waals surface area contributed by atoms with Crippen LogP contribution in [0.1, 0.15) is 55.8 Å². The van der Waals surface area contributed by atoms with Crippen LogP contribution in [0.5, 0.6) is 5.75 Å². The molecule has 0 radical (unpaired) electrons. The largest absolute Gasteiger partial charge is 0.494 e. The highest BCUT2D eigenvalue weighted by Gasteiger charge is 2.17. The normalized spacial score (nSPS) is 13.8. The number of amides is 3. The van der Waals surface area contributed by atoms with Crippen LogP contribution in [0.2, 0.25) is 0 Å². The fourth-order valence-electron chi connectivity index (χ4n) is 3.82. The van der Waals surface area contributed by atoms with Gasteiger partial charge < -0.3 is 20.7 Å².